The highest BCUT2D eigenvalue weighted by molar-refractivity contribution is 5.65. The summed E-state index contributed by atoms with van der Waals surface area (Å²) < 4.78 is 1.12. The number of carbonyl (C=O) groups is 1. The molecule has 0 heterocycles. The fraction of sp³-hybridized carbons (Fsp3) is 0.870. The van der Waals surface area contributed by atoms with Gasteiger partial charge >= 0.3 is 0 Å². The Kier molecular flexibility index (Phi) is 21.6. The maximum Gasteiger partial charge on any atom is 0.0780 e. The molecule has 0 saturated carbocycles. The normalized spacial score (nSPS) is 10.9. The first kappa shape index (κ1) is 27.4. The maximum atomic E-state index is 9.42. The van der Waals surface area contributed by atoms with Crippen molar-refractivity contribution in [1.29, 1.82) is 0 Å². The minimum Gasteiger partial charge on any atom is -0.550 e. The standard InChI is InChI=1S/C19H42N.C4H6O2/c1-5-6-7-8-9-10-11-12-13-14-15-16-17-18-19-20(2,3)4;1-2-3-4(5)6/h5-19H2,1-4H3;2H,1,3H2,(H,5,6)/q+1;/p-1. The molecule has 3 nitrogen and oxygen atoms in total. The van der Waals surface area contributed by atoms with Crippen LogP contribution in [0.15, 0.2) is 12.7 Å². The molecule has 0 aromatic carbocycles. The summed E-state index contributed by atoms with van der Waals surface area (Å²) in [5.41, 5.74) is 0. The second-order valence-corrected chi connectivity index (χ2v) is 8.47. The zero-order valence-electron chi connectivity index (χ0n) is 18.4. The molecule has 0 aliphatic carbocycles. The highest BCUT2D eigenvalue weighted by Crippen LogP contribution is 2.13. The number of rotatable bonds is 17. The van der Waals surface area contributed by atoms with Gasteiger partial charge in [-0.05, 0) is 12.8 Å². The molecule has 0 aliphatic rings. The van der Waals surface area contributed by atoms with E-state index in [9.17, 15) is 9.90 Å². The van der Waals surface area contributed by atoms with Crippen molar-refractivity contribution in [3.05, 3.63) is 12.7 Å². The van der Waals surface area contributed by atoms with Crippen LogP contribution in [0.3, 0.4) is 0 Å². The van der Waals surface area contributed by atoms with E-state index in [4.69, 9.17) is 0 Å². The molecule has 26 heavy (non-hydrogen) atoms. The van der Waals surface area contributed by atoms with Crippen molar-refractivity contribution in [2.45, 2.75) is 103 Å². The highest BCUT2D eigenvalue weighted by atomic mass is 16.4. The molecule has 0 N–H and O–H groups in total. The molecule has 0 aromatic heterocycles. The fourth-order valence-electron chi connectivity index (χ4n) is 2.90. The van der Waals surface area contributed by atoms with E-state index in [1.807, 2.05) is 0 Å². The molecule has 0 aromatic rings. The summed E-state index contributed by atoms with van der Waals surface area (Å²) in [5, 5.41) is 9.42. The van der Waals surface area contributed by atoms with Crippen molar-refractivity contribution in [3.8, 4) is 0 Å². The molecule has 0 saturated heterocycles. The van der Waals surface area contributed by atoms with Gasteiger partial charge in [-0.1, -0.05) is 90.0 Å². The zero-order chi connectivity index (χ0) is 20.1. The van der Waals surface area contributed by atoms with Crippen molar-refractivity contribution in [2.75, 3.05) is 27.7 Å². The van der Waals surface area contributed by atoms with Crippen LogP contribution in [0.4, 0.5) is 0 Å². The Labute approximate surface area is 164 Å². The second-order valence-electron chi connectivity index (χ2n) is 8.47. The van der Waals surface area contributed by atoms with Gasteiger partial charge in [0.15, 0.2) is 0 Å². The predicted molar refractivity (Wildman–Crippen MR) is 113 cm³/mol. The Morgan fingerprint density at radius 2 is 1.12 bits per heavy atom. The van der Waals surface area contributed by atoms with Gasteiger partial charge in [0.2, 0.25) is 0 Å². The van der Waals surface area contributed by atoms with Gasteiger partial charge in [-0.2, -0.15) is 0 Å². The summed E-state index contributed by atoms with van der Waals surface area (Å²) in [7, 11) is 6.88. The molecule has 156 valence electrons. The van der Waals surface area contributed by atoms with Crippen molar-refractivity contribution in [2.24, 2.45) is 0 Å². The summed E-state index contributed by atoms with van der Waals surface area (Å²) >= 11 is 0. The molecule has 0 rings (SSSR count). The largest absolute Gasteiger partial charge is 0.550 e. The number of carbonyl (C=O) groups excluding carboxylic acids is 1. The van der Waals surface area contributed by atoms with Gasteiger partial charge in [-0.3, -0.25) is 0 Å². The molecule has 0 aliphatic heterocycles. The maximum absolute atomic E-state index is 9.42. The lowest BCUT2D eigenvalue weighted by molar-refractivity contribution is -0.870. The number of nitrogens with zero attached hydrogens (tertiary/aromatic N) is 1. The number of carboxylic acid groups (broad SMARTS) is 1. The average molecular weight is 370 g/mol. The van der Waals surface area contributed by atoms with E-state index in [-0.39, 0.29) is 6.42 Å². The van der Waals surface area contributed by atoms with Gasteiger partial charge in [0.1, 0.15) is 0 Å². The number of hydrogen-bond donors (Lipinski definition) is 0. The van der Waals surface area contributed by atoms with E-state index in [0.29, 0.717) is 0 Å². The SMILES string of the molecule is C=CCC(=O)[O-].CCCCCCCCCCCCCCCC[N+](C)(C)C. The third-order valence-corrected chi connectivity index (χ3v) is 4.49. The highest BCUT2D eigenvalue weighted by Gasteiger charge is 2.04. The quantitative estimate of drug-likeness (QED) is 0.193. The van der Waals surface area contributed by atoms with Gasteiger partial charge in [0, 0.05) is 12.4 Å². The van der Waals surface area contributed by atoms with Crippen LogP contribution >= 0.6 is 0 Å². The molecule has 3 heteroatoms. The number of quaternary nitrogens is 1. The van der Waals surface area contributed by atoms with E-state index >= 15 is 0 Å². The van der Waals surface area contributed by atoms with Crippen LogP contribution in [-0.2, 0) is 4.79 Å². The minimum atomic E-state index is -1.08. The molecular weight excluding hydrogens is 322 g/mol. The molecule has 0 atom stereocenters. The van der Waals surface area contributed by atoms with Crippen LogP contribution in [0.2, 0.25) is 0 Å². The lowest BCUT2D eigenvalue weighted by Crippen LogP contribution is -2.35. The number of carboxylic acids is 1. The molecule has 0 amide bonds. The van der Waals surface area contributed by atoms with Crippen molar-refractivity contribution in [3.63, 3.8) is 0 Å². The monoisotopic (exact) mass is 369 g/mol. The Balaban J connectivity index is 0. The lowest BCUT2D eigenvalue weighted by Gasteiger charge is -2.23. The van der Waals surface area contributed by atoms with E-state index in [2.05, 4.69) is 34.6 Å². The van der Waals surface area contributed by atoms with Gasteiger partial charge in [0.05, 0.1) is 27.7 Å². The molecule has 0 bridgehead atoms. The minimum absolute atomic E-state index is 0.0556. The van der Waals surface area contributed by atoms with Crippen molar-refractivity contribution >= 4 is 5.97 Å². The third-order valence-electron chi connectivity index (χ3n) is 4.49. The van der Waals surface area contributed by atoms with Gasteiger partial charge < -0.3 is 14.4 Å². The summed E-state index contributed by atoms with van der Waals surface area (Å²) in [6, 6.07) is 0. The van der Waals surface area contributed by atoms with E-state index in [1.165, 1.54) is 103 Å². The Hall–Kier alpha value is -0.830. The van der Waals surface area contributed by atoms with E-state index in [0.717, 1.165) is 4.48 Å². The predicted octanol–water partition coefficient (Wildman–Crippen LogP) is 5.49. The average Bonchev–Trinajstić information content (AvgIpc) is 2.54. The zero-order valence-corrected chi connectivity index (χ0v) is 18.4. The van der Waals surface area contributed by atoms with Crippen LogP contribution in [0.1, 0.15) is 103 Å². The summed E-state index contributed by atoms with van der Waals surface area (Å²) in [4.78, 5) is 9.42. The summed E-state index contributed by atoms with van der Waals surface area (Å²) in [6.07, 6.45) is 21.6. The first-order valence-corrected chi connectivity index (χ1v) is 10.9. The Morgan fingerprint density at radius 3 is 1.35 bits per heavy atom. The molecule has 0 radical (unpaired) electrons. The molecule has 0 unspecified atom stereocenters. The van der Waals surface area contributed by atoms with Crippen LogP contribution in [-0.4, -0.2) is 38.1 Å². The second kappa shape index (κ2) is 20.5. The Bertz CT molecular complexity index is 308. The number of unbranched alkanes of at least 4 members (excludes halogenated alkanes) is 13. The van der Waals surface area contributed by atoms with Crippen LogP contribution < -0.4 is 5.11 Å². The van der Waals surface area contributed by atoms with E-state index in [1.54, 1.807) is 0 Å². The first-order valence-electron chi connectivity index (χ1n) is 10.9. The van der Waals surface area contributed by atoms with Crippen LogP contribution in [0, 0.1) is 0 Å². The smallest absolute Gasteiger partial charge is 0.0780 e. The Morgan fingerprint density at radius 1 is 0.769 bits per heavy atom. The van der Waals surface area contributed by atoms with Gasteiger partial charge in [0.25, 0.3) is 0 Å². The summed E-state index contributed by atoms with van der Waals surface area (Å²) in [5.74, 6) is -1.08. The van der Waals surface area contributed by atoms with Crippen LogP contribution in [0.5, 0.6) is 0 Å². The van der Waals surface area contributed by atoms with Gasteiger partial charge in [-0.15, -0.1) is 6.58 Å². The van der Waals surface area contributed by atoms with Crippen molar-refractivity contribution in [1.82, 2.24) is 0 Å². The molecular formula is C23H47NO2. The first-order chi connectivity index (χ1) is 12.3. The van der Waals surface area contributed by atoms with Crippen LogP contribution in [0.25, 0.3) is 0 Å². The number of aliphatic carboxylic acids is 1. The van der Waals surface area contributed by atoms with E-state index < -0.39 is 5.97 Å². The van der Waals surface area contributed by atoms with Crippen molar-refractivity contribution < 1.29 is 14.4 Å². The summed E-state index contributed by atoms with van der Waals surface area (Å²) in [6.45, 7) is 6.81. The topological polar surface area (TPSA) is 40.1 Å². The third kappa shape index (κ3) is 31.0. The fourth-order valence-corrected chi connectivity index (χ4v) is 2.90. The number of hydrogen-bond acceptors (Lipinski definition) is 2. The van der Waals surface area contributed by atoms with Gasteiger partial charge in [-0.25, -0.2) is 0 Å². The molecule has 0 fully saturated rings. The molecule has 0 spiro atoms. The lowest BCUT2D eigenvalue weighted by atomic mass is 10.0.